The number of halogens is 1. The van der Waals surface area contributed by atoms with E-state index in [0.29, 0.717) is 0 Å². The van der Waals surface area contributed by atoms with Gasteiger partial charge in [0.2, 0.25) is 0 Å². The Morgan fingerprint density at radius 2 is 1.96 bits per heavy atom. The SMILES string of the molecule is COc1ccc(C(=O)COC(=O)c2cccc([N+](=O)[O-])c2C)cc1F. The number of nitro benzene ring substituents is 1. The number of rotatable bonds is 6. The first-order chi connectivity index (χ1) is 11.8. The molecule has 0 spiro atoms. The Labute approximate surface area is 142 Å². The molecule has 0 unspecified atom stereocenters. The first-order valence-electron chi connectivity index (χ1n) is 7.13. The van der Waals surface area contributed by atoms with Crippen molar-refractivity contribution in [2.75, 3.05) is 13.7 Å². The van der Waals surface area contributed by atoms with E-state index in [-0.39, 0.29) is 28.1 Å². The van der Waals surface area contributed by atoms with Crippen LogP contribution in [0.1, 0.15) is 26.3 Å². The van der Waals surface area contributed by atoms with E-state index in [4.69, 9.17) is 9.47 Å². The first kappa shape index (κ1) is 18.1. The van der Waals surface area contributed by atoms with Crippen molar-refractivity contribution in [2.24, 2.45) is 0 Å². The number of carbonyl (C=O) groups is 2. The fraction of sp³-hybridized carbons (Fsp3) is 0.176. The summed E-state index contributed by atoms with van der Waals surface area (Å²) in [6.07, 6.45) is 0. The van der Waals surface area contributed by atoms with Crippen LogP contribution in [0.2, 0.25) is 0 Å². The van der Waals surface area contributed by atoms with Gasteiger partial charge in [-0.05, 0) is 31.2 Å². The molecule has 2 rings (SSSR count). The molecule has 0 heterocycles. The topological polar surface area (TPSA) is 95.7 Å². The van der Waals surface area contributed by atoms with E-state index in [1.54, 1.807) is 0 Å². The fourth-order valence-electron chi connectivity index (χ4n) is 2.17. The number of methoxy groups -OCH3 is 1. The Morgan fingerprint density at radius 1 is 1.24 bits per heavy atom. The Hall–Kier alpha value is -3.29. The van der Waals surface area contributed by atoms with Crippen molar-refractivity contribution in [2.45, 2.75) is 6.92 Å². The van der Waals surface area contributed by atoms with Crippen LogP contribution in [0.5, 0.6) is 5.75 Å². The van der Waals surface area contributed by atoms with E-state index in [1.807, 2.05) is 0 Å². The zero-order valence-electron chi connectivity index (χ0n) is 13.4. The molecule has 0 atom stereocenters. The summed E-state index contributed by atoms with van der Waals surface area (Å²) in [5.74, 6) is -2.21. The predicted octanol–water partition coefficient (Wildman–Crippen LogP) is 3.09. The van der Waals surface area contributed by atoms with Crippen molar-refractivity contribution in [1.29, 1.82) is 0 Å². The third-order valence-corrected chi connectivity index (χ3v) is 3.53. The van der Waals surface area contributed by atoms with E-state index >= 15 is 0 Å². The van der Waals surface area contributed by atoms with Gasteiger partial charge in [-0.3, -0.25) is 14.9 Å². The second-order valence-electron chi connectivity index (χ2n) is 5.06. The molecule has 0 amide bonds. The van der Waals surface area contributed by atoms with E-state index in [9.17, 15) is 24.1 Å². The Balaban J connectivity index is 2.10. The highest BCUT2D eigenvalue weighted by molar-refractivity contribution is 6.00. The molecule has 0 saturated heterocycles. The van der Waals surface area contributed by atoms with Gasteiger partial charge in [-0.25, -0.2) is 9.18 Å². The lowest BCUT2D eigenvalue weighted by Crippen LogP contribution is -2.15. The van der Waals surface area contributed by atoms with Crippen LogP contribution in [-0.2, 0) is 4.74 Å². The highest BCUT2D eigenvalue weighted by Crippen LogP contribution is 2.22. The summed E-state index contributed by atoms with van der Waals surface area (Å²) in [6.45, 7) is 0.794. The summed E-state index contributed by atoms with van der Waals surface area (Å²) < 4.78 is 23.2. The molecule has 8 heteroatoms. The standard InChI is InChI=1S/C17H14FNO6/c1-10-12(4-3-5-14(10)19(22)23)17(21)25-9-15(20)11-6-7-16(24-2)13(18)8-11/h3-8H,9H2,1-2H3. The van der Waals surface area contributed by atoms with Crippen molar-refractivity contribution in [3.05, 3.63) is 69.0 Å². The number of benzene rings is 2. The maximum Gasteiger partial charge on any atom is 0.339 e. The zero-order valence-corrected chi connectivity index (χ0v) is 13.4. The number of nitrogens with zero attached hydrogens (tertiary/aromatic N) is 1. The molecule has 0 radical (unpaired) electrons. The van der Waals surface area contributed by atoms with Crippen LogP contribution >= 0.6 is 0 Å². The van der Waals surface area contributed by atoms with Crippen LogP contribution in [0, 0.1) is 22.9 Å². The first-order valence-corrected chi connectivity index (χ1v) is 7.13. The molecule has 0 aliphatic carbocycles. The molecule has 0 bridgehead atoms. The number of esters is 1. The third-order valence-electron chi connectivity index (χ3n) is 3.53. The van der Waals surface area contributed by atoms with Crippen molar-refractivity contribution in [3.8, 4) is 5.75 Å². The number of ether oxygens (including phenoxy) is 2. The van der Waals surface area contributed by atoms with Gasteiger partial charge in [0.25, 0.3) is 5.69 Å². The van der Waals surface area contributed by atoms with E-state index < -0.39 is 29.1 Å². The van der Waals surface area contributed by atoms with Crippen LogP contribution in [0.25, 0.3) is 0 Å². The van der Waals surface area contributed by atoms with Gasteiger partial charge in [-0.2, -0.15) is 0 Å². The number of ketones is 1. The lowest BCUT2D eigenvalue weighted by atomic mass is 10.1. The summed E-state index contributed by atoms with van der Waals surface area (Å²) >= 11 is 0. The van der Waals surface area contributed by atoms with Crippen molar-refractivity contribution in [3.63, 3.8) is 0 Å². The molecular weight excluding hydrogens is 333 g/mol. The summed E-state index contributed by atoms with van der Waals surface area (Å²) in [4.78, 5) is 34.3. The molecular formula is C17H14FNO6. The van der Waals surface area contributed by atoms with E-state index in [1.165, 1.54) is 44.4 Å². The number of carbonyl (C=O) groups excluding carboxylic acids is 2. The third kappa shape index (κ3) is 3.97. The van der Waals surface area contributed by atoms with Crippen LogP contribution in [0.3, 0.4) is 0 Å². The number of hydrogen-bond acceptors (Lipinski definition) is 6. The average Bonchev–Trinajstić information content (AvgIpc) is 2.59. The van der Waals surface area contributed by atoms with Gasteiger partial charge in [0.1, 0.15) is 0 Å². The largest absolute Gasteiger partial charge is 0.494 e. The zero-order chi connectivity index (χ0) is 18.6. The smallest absolute Gasteiger partial charge is 0.339 e. The molecule has 2 aromatic carbocycles. The molecule has 0 aliphatic rings. The minimum Gasteiger partial charge on any atom is -0.494 e. The van der Waals surface area contributed by atoms with Crippen LogP contribution in [0.4, 0.5) is 10.1 Å². The Bertz CT molecular complexity index is 849. The van der Waals surface area contributed by atoms with Gasteiger partial charge < -0.3 is 9.47 Å². The number of nitro groups is 1. The quantitative estimate of drug-likeness (QED) is 0.345. The number of hydrogen-bond donors (Lipinski definition) is 0. The maximum absolute atomic E-state index is 13.6. The summed E-state index contributed by atoms with van der Waals surface area (Å²) in [6, 6.07) is 7.58. The molecule has 0 saturated carbocycles. The van der Waals surface area contributed by atoms with Gasteiger partial charge >= 0.3 is 5.97 Å². The summed E-state index contributed by atoms with van der Waals surface area (Å²) in [7, 11) is 1.29. The highest BCUT2D eigenvalue weighted by atomic mass is 19.1. The molecule has 0 aliphatic heterocycles. The average molecular weight is 347 g/mol. The molecule has 0 aromatic heterocycles. The van der Waals surface area contributed by atoms with Gasteiger partial charge in [0, 0.05) is 17.2 Å². The van der Waals surface area contributed by atoms with Crippen LogP contribution in [-0.4, -0.2) is 30.4 Å². The molecule has 2 aromatic rings. The molecule has 25 heavy (non-hydrogen) atoms. The molecule has 7 nitrogen and oxygen atoms in total. The number of Topliss-reactive ketones (excluding diaryl/α,β-unsaturated/α-hetero) is 1. The molecule has 0 fully saturated rings. The Morgan fingerprint density at radius 3 is 2.56 bits per heavy atom. The minimum atomic E-state index is -0.872. The second-order valence-corrected chi connectivity index (χ2v) is 5.06. The normalized spacial score (nSPS) is 10.2. The molecule has 130 valence electrons. The summed E-state index contributed by atoms with van der Waals surface area (Å²) in [5, 5.41) is 10.9. The van der Waals surface area contributed by atoms with Crippen LogP contribution in [0.15, 0.2) is 36.4 Å². The predicted molar refractivity (Wildman–Crippen MR) is 85.4 cm³/mol. The van der Waals surface area contributed by atoms with Crippen molar-refractivity contribution >= 4 is 17.4 Å². The highest BCUT2D eigenvalue weighted by Gasteiger charge is 2.20. The van der Waals surface area contributed by atoms with E-state index in [2.05, 4.69) is 0 Å². The van der Waals surface area contributed by atoms with Gasteiger partial charge in [-0.1, -0.05) is 6.07 Å². The van der Waals surface area contributed by atoms with Gasteiger partial charge in [-0.15, -0.1) is 0 Å². The molecule has 0 N–H and O–H groups in total. The van der Waals surface area contributed by atoms with Crippen molar-refractivity contribution < 1.29 is 28.4 Å². The second kappa shape index (κ2) is 7.52. The van der Waals surface area contributed by atoms with Crippen LogP contribution < -0.4 is 4.74 Å². The maximum atomic E-state index is 13.6. The Kier molecular flexibility index (Phi) is 5.43. The van der Waals surface area contributed by atoms with Crippen molar-refractivity contribution in [1.82, 2.24) is 0 Å². The van der Waals surface area contributed by atoms with E-state index in [0.717, 1.165) is 6.07 Å². The fourth-order valence-corrected chi connectivity index (χ4v) is 2.17. The monoisotopic (exact) mass is 347 g/mol. The summed E-state index contributed by atoms with van der Waals surface area (Å²) in [5.41, 5.74) is -0.0804. The van der Waals surface area contributed by atoms with Gasteiger partial charge in [0.15, 0.2) is 24.0 Å². The lowest BCUT2D eigenvalue weighted by Gasteiger charge is -2.08. The van der Waals surface area contributed by atoms with Gasteiger partial charge in [0.05, 0.1) is 17.6 Å². The lowest BCUT2D eigenvalue weighted by molar-refractivity contribution is -0.385. The minimum absolute atomic E-state index is 0.0112.